The highest BCUT2D eigenvalue weighted by atomic mass is 16.6. The molecule has 0 amide bonds. The number of benzene rings is 2. The van der Waals surface area contributed by atoms with Crippen molar-refractivity contribution < 1.29 is 9.47 Å². The molecule has 6 rings (SSSR count). The molecule has 33 heavy (non-hydrogen) atoms. The van der Waals surface area contributed by atoms with Crippen LogP contribution in [0.15, 0.2) is 72.9 Å². The Morgan fingerprint density at radius 3 is 2.61 bits per heavy atom. The Morgan fingerprint density at radius 2 is 1.73 bits per heavy atom. The van der Waals surface area contributed by atoms with E-state index in [1.807, 2.05) is 73.7 Å². The molecule has 0 fully saturated rings. The first-order valence-electron chi connectivity index (χ1n) is 10.7. The summed E-state index contributed by atoms with van der Waals surface area (Å²) in [5.41, 5.74) is 6.05. The van der Waals surface area contributed by atoms with Gasteiger partial charge in [-0.1, -0.05) is 30.3 Å². The van der Waals surface area contributed by atoms with E-state index in [1.165, 1.54) is 0 Å². The number of fused-ring (bicyclic) bond motifs is 2. The van der Waals surface area contributed by atoms with Crippen molar-refractivity contribution in [3.8, 4) is 34.0 Å². The highest BCUT2D eigenvalue weighted by Gasteiger charge is 2.19. The van der Waals surface area contributed by atoms with E-state index in [2.05, 4.69) is 15.4 Å². The van der Waals surface area contributed by atoms with Gasteiger partial charge in [0.25, 0.3) is 0 Å². The third-order valence-electron chi connectivity index (χ3n) is 5.40. The molecule has 1 aliphatic rings. The molecule has 0 aliphatic carbocycles. The minimum absolute atomic E-state index is 0.475. The largest absolute Gasteiger partial charge is 0.486 e. The number of rotatable bonds is 4. The van der Waals surface area contributed by atoms with E-state index < -0.39 is 0 Å². The highest BCUT2D eigenvalue weighted by Crippen LogP contribution is 2.35. The van der Waals surface area contributed by atoms with Crippen molar-refractivity contribution in [1.29, 1.82) is 0 Å². The van der Waals surface area contributed by atoms with Crippen molar-refractivity contribution in [2.24, 2.45) is 0 Å². The lowest BCUT2D eigenvalue weighted by molar-refractivity contribution is 0.171. The third-order valence-corrected chi connectivity index (χ3v) is 5.40. The Morgan fingerprint density at radius 1 is 0.879 bits per heavy atom. The Kier molecular flexibility index (Phi) is 4.61. The van der Waals surface area contributed by atoms with E-state index in [0.717, 1.165) is 45.2 Å². The van der Waals surface area contributed by atoms with Crippen molar-refractivity contribution in [2.45, 2.75) is 6.92 Å². The number of nitrogens with zero attached hydrogens (tertiary/aromatic N) is 5. The Bertz CT molecular complexity index is 1470. The van der Waals surface area contributed by atoms with Crippen molar-refractivity contribution in [3.05, 3.63) is 78.6 Å². The number of nitrogens with one attached hydrogen (secondary N) is 1. The van der Waals surface area contributed by atoms with Gasteiger partial charge in [-0.3, -0.25) is 0 Å². The first kappa shape index (κ1) is 19.2. The second kappa shape index (κ2) is 7.90. The predicted molar refractivity (Wildman–Crippen MR) is 125 cm³/mol. The number of ether oxygens (including phenoxy) is 2. The lowest BCUT2D eigenvalue weighted by Gasteiger charge is -2.19. The average molecular weight is 436 g/mol. The molecule has 0 saturated carbocycles. The molecule has 162 valence electrons. The van der Waals surface area contributed by atoms with Gasteiger partial charge in [-0.15, -0.1) is 5.10 Å². The third kappa shape index (κ3) is 3.61. The summed E-state index contributed by atoms with van der Waals surface area (Å²) in [4.78, 5) is 9.22. The average Bonchev–Trinajstić information content (AvgIpc) is 3.23. The molecule has 1 N–H and O–H groups in total. The van der Waals surface area contributed by atoms with Crippen LogP contribution in [-0.4, -0.2) is 38.0 Å². The van der Waals surface area contributed by atoms with Crippen molar-refractivity contribution in [1.82, 2.24) is 24.8 Å². The summed E-state index contributed by atoms with van der Waals surface area (Å²) >= 11 is 0. The zero-order chi connectivity index (χ0) is 22.2. The van der Waals surface area contributed by atoms with E-state index in [4.69, 9.17) is 19.6 Å². The Balaban J connectivity index is 1.43. The molecule has 4 heterocycles. The second-order valence-corrected chi connectivity index (χ2v) is 7.69. The molecule has 0 spiro atoms. The molecule has 1 aliphatic heterocycles. The van der Waals surface area contributed by atoms with Crippen LogP contribution in [0.2, 0.25) is 0 Å². The summed E-state index contributed by atoms with van der Waals surface area (Å²) in [6.45, 7) is 3.04. The fraction of sp³-hybridized carbons (Fsp3) is 0.120. The van der Waals surface area contributed by atoms with Gasteiger partial charge < -0.3 is 14.8 Å². The van der Waals surface area contributed by atoms with Gasteiger partial charge in [0.05, 0.1) is 22.5 Å². The van der Waals surface area contributed by atoms with Gasteiger partial charge in [0, 0.05) is 23.5 Å². The molecule has 0 saturated heterocycles. The molecular weight excluding hydrogens is 416 g/mol. The molecule has 0 radical (unpaired) electrons. The highest BCUT2D eigenvalue weighted by molar-refractivity contribution is 5.90. The number of anilines is 2. The van der Waals surface area contributed by atoms with Gasteiger partial charge in [-0.2, -0.15) is 9.73 Å². The minimum atomic E-state index is 0.475. The smallest absolute Gasteiger partial charge is 0.227 e. The first-order valence-corrected chi connectivity index (χ1v) is 10.7. The number of hydrogen-bond acceptors (Lipinski definition) is 7. The lowest BCUT2D eigenvalue weighted by Crippen LogP contribution is -2.15. The maximum absolute atomic E-state index is 5.68. The normalized spacial score (nSPS) is 12.6. The van der Waals surface area contributed by atoms with Crippen LogP contribution in [0.25, 0.3) is 28.0 Å². The Hall–Kier alpha value is -4.46. The molecule has 0 unspecified atom stereocenters. The number of aromatic nitrogens is 5. The van der Waals surface area contributed by atoms with Crippen LogP contribution < -0.4 is 14.8 Å². The van der Waals surface area contributed by atoms with Gasteiger partial charge in [0.1, 0.15) is 18.9 Å². The fourth-order valence-electron chi connectivity index (χ4n) is 3.89. The molecule has 2 aromatic carbocycles. The van der Waals surface area contributed by atoms with Crippen molar-refractivity contribution in [3.63, 3.8) is 0 Å². The molecule has 0 atom stereocenters. The van der Waals surface area contributed by atoms with Crippen LogP contribution in [0.1, 0.15) is 5.69 Å². The van der Waals surface area contributed by atoms with Gasteiger partial charge in [-0.05, 0) is 37.3 Å². The van der Waals surface area contributed by atoms with Crippen LogP contribution in [-0.2, 0) is 0 Å². The topological polar surface area (TPSA) is 86.5 Å². The van der Waals surface area contributed by atoms with Crippen LogP contribution >= 0.6 is 0 Å². The standard InChI is InChI=1S/C25H20N6O2/c1-16-7-9-20-23(24(30-31(20)29-16)17-5-3-2-4-6-17)19-11-12-26-25(28-19)27-18-8-10-21-22(15-18)33-14-13-32-21/h2-12,15H,13-14H2,1H3,(H,26,27,28). The lowest BCUT2D eigenvalue weighted by atomic mass is 10.0. The van der Waals surface area contributed by atoms with E-state index in [0.29, 0.717) is 24.9 Å². The first-order chi connectivity index (χ1) is 16.2. The maximum Gasteiger partial charge on any atom is 0.227 e. The van der Waals surface area contributed by atoms with Crippen LogP contribution in [0, 0.1) is 6.92 Å². The summed E-state index contributed by atoms with van der Waals surface area (Å²) in [6, 6.07) is 21.6. The van der Waals surface area contributed by atoms with Crippen LogP contribution in [0.5, 0.6) is 11.5 Å². The Labute approximate surface area is 189 Å². The van der Waals surface area contributed by atoms with Gasteiger partial charge in [0.2, 0.25) is 5.95 Å². The van der Waals surface area contributed by atoms with E-state index in [-0.39, 0.29) is 0 Å². The molecule has 8 heteroatoms. The quantitative estimate of drug-likeness (QED) is 0.438. The number of aryl methyl sites for hydroxylation is 1. The van der Waals surface area contributed by atoms with E-state index in [1.54, 1.807) is 10.8 Å². The summed E-state index contributed by atoms with van der Waals surface area (Å²) in [5, 5.41) is 12.6. The van der Waals surface area contributed by atoms with E-state index in [9.17, 15) is 0 Å². The molecular formula is C25H20N6O2. The van der Waals surface area contributed by atoms with Gasteiger partial charge in [0.15, 0.2) is 11.5 Å². The van der Waals surface area contributed by atoms with Crippen LogP contribution in [0.3, 0.4) is 0 Å². The molecule has 0 bridgehead atoms. The molecule has 8 nitrogen and oxygen atoms in total. The SMILES string of the molecule is Cc1ccc2c(-c3ccnc(Nc4ccc5c(c4)OCCO5)n3)c(-c3ccccc3)nn2n1. The second-order valence-electron chi connectivity index (χ2n) is 7.69. The predicted octanol–water partition coefficient (Wildman–Crippen LogP) is 4.68. The summed E-state index contributed by atoms with van der Waals surface area (Å²) in [6.07, 6.45) is 1.74. The zero-order valence-corrected chi connectivity index (χ0v) is 17.9. The summed E-state index contributed by atoms with van der Waals surface area (Å²) in [5.74, 6) is 1.92. The van der Waals surface area contributed by atoms with Crippen molar-refractivity contribution >= 4 is 17.2 Å². The molecule has 3 aromatic heterocycles. The summed E-state index contributed by atoms with van der Waals surface area (Å²) < 4.78 is 13.0. The van der Waals surface area contributed by atoms with Crippen molar-refractivity contribution in [2.75, 3.05) is 18.5 Å². The fourth-order valence-corrected chi connectivity index (χ4v) is 3.89. The van der Waals surface area contributed by atoms with E-state index >= 15 is 0 Å². The molecule has 5 aromatic rings. The van der Waals surface area contributed by atoms with Gasteiger partial charge in [-0.25, -0.2) is 9.97 Å². The monoisotopic (exact) mass is 436 g/mol. The minimum Gasteiger partial charge on any atom is -0.486 e. The number of hydrogen-bond donors (Lipinski definition) is 1. The van der Waals surface area contributed by atoms with Gasteiger partial charge >= 0.3 is 0 Å². The zero-order valence-electron chi connectivity index (χ0n) is 17.9. The summed E-state index contributed by atoms with van der Waals surface area (Å²) in [7, 11) is 0. The van der Waals surface area contributed by atoms with Crippen LogP contribution in [0.4, 0.5) is 11.6 Å². The maximum atomic E-state index is 5.68.